The van der Waals surface area contributed by atoms with Crippen molar-refractivity contribution >= 4 is 39.1 Å². The number of amides is 1. The lowest BCUT2D eigenvalue weighted by molar-refractivity contribution is -0.122. The normalized spacial score (nSPS) is 21.8. The third-order valence-electron chi connectivity index (χ3n) is 3.74. The Kier molecular flexibility index (Phi) is 4.94. The summed E-state index contributed by atoms with van der Waals surface area (Å²) in [6, 6.07) is 3.43. The number of ether oxygens (including phenoxy) is 1. The van der Waals surface area contributed by atoms with Gasteiger partial charge in [-0.15, -0.1) is 0 Å². The van der Waals surface area contributed by atoms with Crippen LogP contribution in [0.5, 0.6) is 5.75 Å². The molecule has 2 N–H and O–H groups in total. The van der Waals surface area contributed by atoms with Crippen LogP contribution < -0.4 is 15.4 Å². The lowest BCUT2D eigenvalue weighted by Crippen LogP contribution is -2.50. The summed E-state index contributed by atoms with van der Waals surface area (Å²) in [5.41, 5.74) is 0.0955. The molecule has 1 amide bonds. The van der Waals surface area contributed by atoms with Crippen LogP contribution in [-0.4, -0.2) is 25.1 Å². The first-order chi connectivity index (χ1) is 9.52. The number of carbonyl (C=O) groups is 1. The van der Waals surface area contributed by atoms with E-state index >= 15 is 0 Å². The molecular formula is C14H18BrClN2O2. The smallest absolute Gasteiger partial charge is 0.244 e. The number of methoxy groups -OCH3 is 1. The van der Waals surface area contributed by atoms with Crippen molar-refractivity contribution in [3.63, 3.8) is 0 Å². The Hall–Kier alpha value is -0.780. The van der Waals surface area contributed by atoms with Crippen molar-refractivity contribution in [2.45, 2.75) is 31.7 Å². The molecule has 0 radical (unpaired) electrons. The van der Waals surface area contributed by atoms with E-state index in [0.29, 0.717) is 20.9 Å². The fourth-order valence-corrected chi connectivity index (χ4v) is 3.54. The summed E-state index contributed by atoms with van der Waals surface area (Å²) in [4.78, 5) is 12.6. The van der Waals surface area contributed by atoms with Crippen LogP contribution >= 0.6 is 27.5 Å². The first kappa shape index (κ1) is 15.6. The zero-order chi connectivity index (χ0) is 14.8. The van der Waals surface area contributed by atoms with E-state index in [1.807, 2.05) is 6.92 Å². The van der Waals surface area contributed by atoms with Gasteiger partial charge in [-0.3, -0.25) is 4.79 Å². The molecule has 1 heterocycles. The zero-order valence-corrected chi connectivity index (χ0v) is 13.9. The molecule has 0 spiro atoms. The van der Waals surface area contributed by atoms with Gasteiger partial charge in [-0.1, -0.05) is 18.5 Å². The highest BCUT2D eigenvalue weighted by atomic mass is 79.9. The number of hydrogen-bond acceptors (Lipinski definition) is 3. The summed E-state index contributed by atoms with van der Waals surface area (Å²) >= 11 is 9.42. The highest BCUT2D eigenvalue weighted by Crippen LogP contribution is 2.37. The minimum atomic E-state index is -0.486. The molecule has 20 heavy (non-hydrogen) atoms. The van der Waals surface area contributed by atoms with E-state index < -0.39 is 5.54 Å². The quantitative estimate of drug-likeness (QED) is 0.862. The van der Waals surface area contributed by atoms with Crippen LogP contribution in [0, 0.1) is 0 Å². The molecule has 110 valence electrons. The van der Waals surface area contributed by atoms with E-state index in [1.54, 1.807) is 19.2 Å². The van der Waals surface area contributed by atoms with Crippen molar-refractivity contribution in [2.75, 3.05) is 19.0 Å². The van der Waals surface area contributed by atoms with E-state index in [1.165, 1.54) is 0 Å². The molecule has 1 atom stereocenters. The summed E-state index contributed by atoms with van der Waals surface area (Å²) in [6.07, 6.45) is 2.61. The first-order valence-corrected chi connectivity index (χ1v) is 7.79. The van der Waals surface area contributed by atoms with Gasteiger partial charge in [-0.25, -0.2) is 0 Å². The maximum Gasteiger partial charge on any atom is 0.244 e. The van der Waals surface area contributed by atoms with Crippen LogP contribution in [0.2, 0.25) is 5.02 Å². The maximum absolute atomic E-state index is 12.6. The van der Waals surface area contributed by atoms with Crippen molar-refractivity contribution in [1.82, 2.24) is 5.32 Å². The van der Waals surface area contributed by atoms with Crippen LogP contribution in [0.4, 0.5) is 5.69 Å². The molecule has 0 bridgehead atoms. The van der Waals surface area contributed by atoms with Crippen molar-refractivity contribution in [1.29, 1.82) is 0 Å². The molecule has 2 rings (SSSR count). The third-order valence-corrected chi connectivity index (χ3v) is 4.55. The third kappa shape index (κ3) is 2.95. The van der Waals surface area contributed by atoms with Gasteiger partial charge in [0, 0.05) is 5.02 Å². The van der Waals surface area contributed by atoms with Crippen LogP contribution in [0.15, 0.2) is 16.6 Å². The topological polar surface area (TPSA) is 50.4 Å². The van der Waals surface area contributed by atoms with Gasteiger partial charge >= 0.3 is 0 Å². The Bertz CT molecular complexity index is 516. The molecule has 1 fully saturated rings. The molecule has 1 aromatic rings. The predicted molar refractivity (Wildman–Crippen MR) is 84.6 cm³/mol. The van der Waals surface area contributed by atoms with Crippen LogP contribution in [0.25, 0.3) is 0 Å². The van der Waals surface area contributed by atoms with Crippen LogP contribution in [0.3, 0.4) is 0 Å². The monoisotopic (exact) mass is 360 g/mol. The number of rotatable bonds is 4. The van der Waals surface area contributed by atoms with Gasteiger partial charge in [0.25, 0.3) is 0 Å². The Labute approximate surface area is 132 Å². The van der Waals surface area contributed by atoms with Gasteiger partial charge in [-0.05, 0) is 53.9 Å². The van der Waals surface area contributed by atoms with Gasteiger partial charge in [0.05, 0.1) is 22.8 Å². The number of halogens is 2. The molecule has 4 nitrogen and oxygen atoms in total. The predicted octanol–water partition coefficient (Wildman–Crippen LogP) is 3.58. The fraction of sp³-hybridized carbons (Fsp3) is 0.500. The standard InChI is InChI=1S/C14H18BrClN2O2/c1-3-14(5-4-6-17-14)13(19)18-11-8-9(16)7-10(15)12(11)20-2/h7-8,17H,3-6H2,1-2H3,(H,18,19). The molecule has 0 saturated carbocycles. The molecule has 0 aliphatic carbocycles. The van der Waals surface area contributed by atoms with Crippen LogP contribution in [0.1, 0.15) is 26.2 Å². The lowest BCUT2D eigenvalue weighted by Gasteiger charge is -2.27. The fourth-order valence-electron chi connectivity index (χ4n) is 2.56. The summed E-state index contributed by atoms with van der Waals surface area (Å²) in [5, 5.41) is 6.78. The molecule has 1 aliphatic heterocycles. The van der Waals surface area contributed by atoms with Crippen molar-refractivity contribution < 1.29 is 9.53 Å². The number of anilines is 1. The average molecular weight is 362 g/mol. The second-order valence-electron chi connectivity index (χ2n) is 4.89. The summed E-state index contributed by atoms with van der Waals surface area (Å²) < 4.78 is 6.04. The second-order valence-corrected chi connectivity index (χ2v) is 6.18. The molecule has 1 aliphatic rings. The van der Waals surface area contributed by atoms with E-state index in [9.17, 15) is 4.79 Å². The van der Waals surface area contributed by atoms with Crippen LogP contribution in [-0.2, 0) is 4.79 Å². The molecule has 1 unspecified atom stereocenters. The molecule has 6 heteroatoms. The van der Waals surface area contributed by atoms with E-state index in [2.05, 4.69) is 26.6 Å². The minimum absolute atomic E-state index is 0.0371. The summed E-state index contributed by atoms with van der Waals surface area (Å²) in [6.45, 7) is 2.89. The molecule has 0 aromatic heterocycles. The summed E-state index contributed by atoms with van der Waals surface area (Å²) in [7, 11) is 1.56. The Morgan fingerprint density at radius 2 is 2.35 bits per heavy atom. The highest BCUT2D eigenvalue weighted by Gasteiger charge is 2.39. The maximum atomic E-state index is 12.6. The van der Waals surface area contributed by atoms with Crippen molar-refractivity contribution in [3.05, 3.63) is 21.6 Å². The Morgan fingerprint density at radius 1 is 1.60 bits per heavy atom. The number of carbonyl (C=O) groups excluding carboxylic acids is 1. The zero-order valence-electron chi connectivity index (χ0n) is 11.6. The van der Waals surface area contributed by atoms with Gasteiger partial charge in [0.2, 0.25) is 5.91 Å². The summed E-state index contributed by atoms with van der Waals surface area (Å²) in [5.74, 6) is 0.539. The van der Waals surface area contributed by atoms with Crippen molar-refractivity contribution in [2.24, 2.45) is 0 Å². The number of hydrogen-bond donors (Lipinski definition) is 2. The second kappa shape index (κ2) is 6.33. The minimum Gasteiger partial charge on any atom is -0.493 e. The largest absolute Gasteiger partial charge is 0.493 e. The van der Waals surface area contributed by atoms with E-state index in [-0.39, 0.29) is 5.91 Å². The molecular weight excluding hydrogens is 344 g/mol. The Balaban J connectivity index is 2.27. The lowest BCUT2D eigenvalue weighted by atomic mass is 9.93. The molecule has 1 aromatic carbocycles. The van der Waals surface area contributed by atoms with E-state index in [4.69, 9.17) is 16.3 Å². The number of benzene rings is 1. The van der Waals surface area contributed by atoms with E-state index in [0.717, 1.165) is 25.8 Å². The average Bonchev–Trinajstić information content (AvgIpc) is 2.88. The number of nitrogens with one attached hydrogen (secondary N) is 2. The van der Waals surface area contributed by atoms with Crippen molar-refractivity contribution in [3.8, 4) is 5.75 Å². The van der Waals surface area contributed by atoms with Gasteiger partial charge in [-0.2, -0.15) is 0 Å². The highest BCUT2D eigenvalue weighted by molar-refractivity contribution is 9.10. The molecule has 1 saturated heterocycles. The first-order valence-electron chi connectivity index (χ1n) is 6.62. The van der Waals surface area contributed by atoms with Gasteiger partial charge in [0.1, 0.15) is 0 Å². The van der Waals surface area contributed by atoms with Gasteiger partial charge < -0.3 is 15.4 Å². The SMILES string of the molecule is CCC1(C(=O)Nc2cc(Cl)cc(Br)c2OC)CCCN1. The van der Waals surface area contributed by atoms with Gasteiger partial charge in [0.15, 0.2) is 5.75 Å². The Morgan fingerprint density at radius 3 is 2.90 bits per heavy atom.